The van der Waals surface area contributed by atoms with Crippen LogP contribution in [-0.4, -0.2) is 4.98 Å². The second kappa shape index (κ2) is 11.5. The molecule has 0 aliphatic carbocycles. The molecule has 2 nitrogen and oxygen atoms in total. The number of hydrogen-bond donors (Lipinski definition) is 1. The van der Waals surface area contributed by atoms with Gasteiger partial charge in [0, 0.05) is 38.9 Å². The molecule has 0 bridgehead atoms. The van der Waals surface area contributed by atoms with Crippen LogP contribution in [0.3, 0.4) is 0 Å². The van der Waals surface area contributed by atoms with Gasteiger partial charge < -0.3 is 9.88 Å². The van der Waals surface area contributed by atoms with E-state index in [0.717, 1.165) is 44.8 Å². The van der Waals surface area contributed by atoms with Crippen LogP contribution in [0, 0.1) is 0 Å². The number of H-pyrrole nitrogens is 1. The Morgan fingerprint density at radius 1 is 0.595 bits per heavy atom. The first kappa shape index (κ1) is 26.6. The molecule has 1 aromatic heterocycles. The van der Waals surface area contributed by atoms with Crippen molar-refractivity contribution in [2.45, 2.75) is 0 Å². The van der Waals surface area contributed by atoms with Gasteiger partial charge in [0.2, 0.25) is 0 Å². The van der Waals surface area contributed by atoms with Gasteiger partial charge in [0.1, 0.15) is 0 Å². The average Bonchev–Trinajstić information content (AvgIpc) is 3.41. The first-order valence-corrected chi connectivity index (χ1v) is 14.0. The highest BCUT2D eigenvalue weighted by atomic mass is 15.1. The zero-order valence-corrected chi connectivity index (χ0v) is 23.6. The van der Waals surface area contributed by atoms with Gasteiger partial charge >= 0.3 is 0 Å². The number of fused-ring (bicyclic) bond motifs is 5. The number of aromatic nitrogens is 1. The van der Waals surface area contributed by atoms with Gasteiger partial charge in [-0.05, 0) is 75.5 Å². The highest BCUT2D eigenvalue weighted by molar-refractivity contribution is 6.23. The molecule has 0 aliphatic heterocycles. The number of anilines is 2. The lowest BCUT2D eigenvalue weighted by Crippen LogP contribution is -2.14. The van der Waals surface area contributed by atoms with Crippen LogP contribution in [0.4, 0.5) is 11.4 Å². The molecule has 0 saturated carbocycles. The van der Waals surface area contributed by atoms with E-state index in [1.54, 1.807) is 6.08 Å². The largest absolute Gasteiger partial charge is 0.354 e. The van der Waals surface area contributed by atoms with Crippen LogP contribution >= 0.6 is 0 Å². The number of rotatable bonds is 9. The molecule has 202 valence electrons. The Morgan fingerprint density at radius 3 is 2.05 bits per heavy atom. The molecule has 0 amide bonds. The van der Waals surface area contributed by atoms with Gasteiger partial charge in [-0.15, -0.1) is 0 Å². The molecule has 5 aromatic carbocycles. The predicted molar refractivity (Wildman–Crippen MR) is 183 cm³/mol. The maximum Gasteiger partial charge on any atom is 0.0477 e. The van der Waals surface area contributed by atoms with Crippen LogP contribution in [0.2, 0.25) is 0 Å². The Balaban J connectivity index is 1.46. The molecule has 0 atom stereocenters. The van der Waals surface area contributed by atoms with Crippen LogP contribution < -0.4 is 4.90 Å². The molecule has 1 heterocycles. The summed E-state index contributed by atoms with van der Waals surface area (Å²) in [7, 11) is 0. The van der Waals surface area contributed by atoms with Crippen molar-refractivity contribution in [3.63, 3.8) is 0 Å². The topological polar surface area (TPSA) is 19.0 Å². The molecule has 6 rings (SSSR count). The highest BCUT2D eigenvalue weighted by Gasteiger charge is 2.16. The van der Waals surface area contributed by atoms with Crippen molar-refractivity contribution in [3.8, 4) is 11.1 Å². The molecule has 2 heteroatoms. The monoisotopic (exact) mass is 540 g/mol. The molecule has 6 aromatic rings. The second-order valence-electron chi connectivity index (χ2n) is 10.3. The van der Waals surface area contributed by atoms with Crippen LogP contribution in [0.25, 0.3) is 43.7 Å². The maximum atomic E-state index is 4.45. The van der Waals surface area contributed by atoms with Crippen molar-refractivity contribution in [1.29, 1.82) is 0 Å². The average molecular weight is 541 g/mol. The Bertz CT molecular complexity index is 2050. The molecule has 0 radical (unpaired) electrons. The summed E-state index contributed by atoms with van der Waals surface area (Å²) in [5, 5.41) is 4.96. The van der Waals surface area contributed by atoms with E-state index in [-0.39, 0.29) is 0 Å². The van der Waals surface area contributed by atoms with E-state index in [1.807, 2.05) is 42.5 Å². The molecule has 0 fully saturated rings. The lowest BCUT2D eigenvalue weighted by molar-refractivity contribution is 1.22. The third kappa shape index (κ3) is 5.02. The third-order valence-corrected chi connectivity index (χ3v) is 7.55. The molecule has 0 saturated heterocycles. The quantitative estimate of drug-likeness (QED) is 0.181. The fourth-order valence-corrected chi connectivity index (χ4v) is 5.50. The SMILES string of the molecule is C=C/C=C\C(=C)C(=C)/C=C\C(=C)N(c1ccccc1)c1cccc(-c2cc3[nH]c4ccccc4c3c3ccccc23)c1. The fraction of sp³-hybridized carbons (Fsp3) is 0. The highest BCUT2D eigenvalue weighted by Crippen LogP contribution is 2.40. The number of aromatic amines is 1. The van der Waals surface area contributed by atoms with Gasteiger partial charge in [-0.2, -0.15) is 0 Å². The van der Waals surface area contributed by atoms with E-state index in [4.69, 9.17) is 0 Å². The number of para-hydroxylation sites is 2. The van der Waals surface area contributed by atoms with Crippen molar-refractivity contribution >= 4 is 44.0 Å². The van der Waals surface area contributed by atoms with Gasteiger partial charge in [0.05, 0.1) is 0 Å². The standard InChI is InChI=1S/C40H32N2/c1-5-6-15-28(2)29(3)24-25-30(4)42(32-17-8-7-9-18-32)33-19-14-16-31(26-33)37-27-39-40(35-21-11-10-20-34(35)37)36-22-12-13-23-38(36)41-39/h5-27,41H,1-4H2/b15-6-,25-24-. The summed E-state index contributed by atoms with van der Waals surface area (Å²) in [6.45, 7) is 16.5. The molecule has 0 spiro atoms. The summed E-state index contributed by atoms with van der Waals surface area (Å²) in [6, 6.07) is 38.4. The minimum atomic E-state index is 0.814. The van der Waals surface area contributed by atoms with Gasteiger partial charge in [-0.1, -0.05) is 123 Å². The number of nitrogens with zero attached hydrogens (tertiary/aromatic N) is 1. The zero-order valence-electron chi connectivity index (χ0n) is 23.6. The first-order valence-electron chi connectivity index (χ1n) is 14.0. The van der Waals surface area contributed by atoms with E-state index < -0.39 is 0 Å². The summed E-state index contributed by atoms with van der Waals surface area (Å²) in [6.07, 6.45) is 9.42. The Morgan fingerprint density at radius 2 is 1.26 bits per heavy atom. The smallest absolute Gasteiger partial charge is 0.0477 e. The van der Waals surface area contributed by atoms with E-state index >= 15 is 0 Å². The van der Waals surface area contributed by atoms with Crippen LogP contribution in [0.15, 0.2) is 183 Å². The lowest BCUT2D eigenvalue weighted by atomic mass is 9.94. The van der Waals surface area contributed by atoms with Gasteiger partial charge in [0.25, 0.3) is 0 Å². The molecular weight excluding hydrogens is 508 g/mol. The Hall–Kier alpha value is -5.60. The van der Waals surface area contributed by atoms with Crippen LogP contribution in [-0.2, 0) is 0 Å². The Kier molecular flexibility index (Phi) is 7.28. The second-order valence-corrected chi connectivity index (χ2v) is 10.3. The maximum absolute atomic E-state index is 4.45. The summed E-state index contributed by atoms with van der Waals surface area (Å²) in [5.41, 5.74) is 9.09. The van der Waals surface area contributed by atoms with Crippen LogP contribution in [0.5, 0.6) is 0 Å². The van der Waals surface area contributed by atoms with Gasteiger partial charge in [0.15, 0.2) is 0 Å². The van der Waals surface area contributed by atoms with Crippen molar-refractivity contribution in [2.75, 3.05) is 4.90 Å². The van der Waals surface area contributed by atoms with E-state index in [2.05, 4.69) is 127 Å². The fourth-order valence-electron chi connectivity index (χ4n) is 5.50. The van der Waals surface area contributed by atoms with Crippen molar-refractivity contribution in [1.82, 2.24) is 4.98 Å². The van der Waals surface area contributed by atoms with Crippen molar-refractivity contribution < 1.29 is 0 Å². The molecular formula is C40H32N2. The molecule has 0 unspecified atom stereocenters. The van der Waals surface area contributed by atoms with E-state index in [1.165, 1.54) is 27.1 Å². The minimum Gasteiger partial charge on any atom is -0.354 e. The van der Waals surface area contributed by atoms with Gasteiger partial charge in [-0.25, -0.2) is 0 Å². The molecule has 0 aliphatic rings. The lowest BCUT2D eigenvalue weighted by Gasteiger charge is -2.26. The normalized spacial score (nSPS) is 11.5. The van der Waals surface area contributed by atoms with Crippen LogP contribution in [0.1, 0.15) is 0 Å². The molecule has 1 N–H and O–H groups in total. The summed E-state index contributed by atoms with van der Waals surface area (Å²) in [4.78, 5) is 5.82. The van der Waals surface area contributed by atoms with E-state index in [9.17, 15) is 0 Å². The Labute approximate surface area is 247 Å². The number of benzene rings is 5. The number of nitrogens with one attached hydrogen (secondary N) is 1. The zero-order chi connectivity index (χ0) is 29.1. The first-order chi connectivity index (χ1) is 20.5. The third-order valence-electron chi connectivity index (χ3n) is 7.55. The number of allylic oxidation sites excluding steroid dienone is 7. The summed E-state index contributed by atoms with van der Waals surface area (Å²) in [5.74, 6) is 0. The number of hydrogen-bond acceptors (Lipinski definition) is 1. The molecule has 42 heavy (non-hydrogen) atoms. The van der Waals surface area contributed by atoms with Crippen molar-refractivity contribution in [3.05, 3.63) is 183 Å². The summed E-state index contributed by atoms with van der Waals surface area (Å²) < 4.78 is 0. The van der Waals surface area contributed by atoms with E-state index in [0.29, 0.717) is 0 Å². The predicted octanol–water partition coefficient (Wildman–Crippen LogP) is 11.2. The van der Waals surface area contributed by atoms with Crippen molar-refractivity contribution in [2.24, 2.45) is 0 Å². The minimum absolute atomic E-state index is 0.814. The summed E-state index contributed by atoms with van der Waals surface area (Å²) >= 11 is 0. The van der Waals surface area contributed by atoms with Gasteiger partial charge in [-0.3, -0.25) is 0 Å².